The molecule has 0 aliphatic carbocycles. The molecule has 0 saturated carbocycles. The SMILES string of the molecule is COC(=O)Cc1cc(Br)c(Oc2ccc(OC)c(C=O)c2)c(Br)c1. The Balaban J connectivity index is 2.30. The van der Waals surface area contributed by atoms with E-state index in [2.05, 4.69) is 36.6 Å². The van der Waals surface area contributed by atoms with E-state index in [1.807, 2.05) is 0 Å². The summed E-state index contributed by atoms with van der Waals surface area (Å²) < 4.78 is 16.9. The maximum Gasteiger partial charge on any atom is 0.309 e. The summed E-state index contributed by atoms with van der Waals surface area (Å²) in [6, 6.07) is 8.51. The number of aldehydes is 1. The van der Waals surface area contributed by atoms with Crippen LogP contribution in [-0.4, -0.2) is 26.5 Å². The molecule has 2 aromatic carbocycles. The van der Waals surface area contributed by atoms with E-state index >= 15 is 0 Å². The van der Waals surface area contributed by atoms with Crippen molar-refractivity contribution >= 4 is 44.1 Å². The smallest absolute Gasteiger partial charge is 0.309 e. The average Bonchev–Trinajstić information content (AvgIpc) is 2.57. The number of halogens is 2. The van der Waals surface area contributed by atoms with Crippen molar-refractivity contribution in [2.75, 3.05) is 14.2 Å². The van der Waals surface area contributed by atoms with E-state index < -0.39 is 0 Å². The number of esters is 1. The van der Waals surface area contributed by atoms with Gasteiger partial charge in [-0.3, -0.25) is 9.59 Å². The predicted molar refractivity (Wildman–Crippen MR) is 96.0 cm³/mol. The summed E-state index contributed by atoms with van der Waals surface area (Å²) in [5, 5.41) is 0. The van der Waals surface area contributed by atoms with Gasteiger partial charge in [0.1, 0.15) is 11.5 Å². The zero-order chi connectivity index (χ0) is 17.7. The molecule has 0 aliphatic rings. The summed E-state index contributed by atoms with van der Waals surface area (Å²) >= 11 is 6.86. The van der Waals surface area contributed by atoms with Crippen molar-refractivity contribution in [1.82, 2.24) is 0 Å². The molecule has 0 saturated heterocycles. The third-order valence-electron chi connectivity index (χ3n) is 3.18. The molecule has 0 heterocycles. The van der Waals surface area contributed by atoms with Crippen LogP contribution in [0.4, 0.5) is 0 Å². The van der Waals surface area contributed by atoms with Gasteiger partial charge in [-0.15, -0.1) is 0 Å². The van der Waals surface area contributed by atoms with E-state index in [4.69, 9.17) is 9.47 Å². The van der Waals surface area contributed by atoms with Crippen LogP contribution in [0.5, 0.6) is 17.2 Å². The van der Waals surface area contributed by atoms with Gasteiger partial charge in [0, 0.05) is 0 Å². The molecule has 0 atom stereocenters. The number of rotatable bonds is 6. The normalized spacial score (nSPS) is 10.2. The highest BCUT2D eigenvalue weighted by Crippen LogP contribution is 2.38. The minimum Gasteiger partial charge on any atom is -0.496 e. The van der Waals surface area contributed by atoms with Crippen molar-refractivity contribution < 1.29 is 23.8 Å². The Hall–Kier alpha value is -1.86. The fourth-order valence-corrected chi connectivity index (χ4v) is 3.48. The lowest BCUT2D eigenvalue weighted by Crippen LogP contribution is -2.04. The van der Waals surface area contributed by atoms with Crippen LogP contribution >= 0.6 is 31.9 Å². The number of hydrogen-bond acceptors (Lipinski definition) is 5. The molecule has 0 unspecified atom stereocenters. The summed E-state index contributed by atoms with van der Waals surface area (Å²) in [5.74, 6) is 1.17. The van der Waals surface area contributed by atoms with E-state index in [1.54, 1.807) is 30.3 Å². The van der Waals surface area contributed by atoms with Gasteiger partial charge in [-0.2, -0.15) is 0 Å². The number of carbonyl (C=O) groups is 2. The molecule has 0 radical (unpaired) electrons. The minimum absolute atomic E-state index is 0.159. The Bertz CT molecular complexity index is 751. The lowest BCUT2D eigenvalue weighted by molar-refractivity contribution is -0.139. The van der Waals surface area contributed by atoms with Crippen molar-refractivity contribution in [1.29, 1.82) is 0 Å². The van der Waals surface area contributed by atoms with Gasteiger partial charge in [-0.05, 0) is 67.8 Å². The zero-order valence-electron chi connectivity index (χ0n) is 13.0. The van der Waals surface area contributed by atoms with Crippen LogP contribution in [0.15, 0.2) is 39.3 Å². The first-order chi connectivity index (χ1) is 11.5. The summed E-state index contributed by atoms with van der Waals surface area (Å²) in [5.41, 5.74) is 1.17. The fraction of sp³-hybridized carbons (Fsp3) is 0.176. The number of benzene rings is 2. The Morgan fingerprint density at radius 1 is 1.12 bits per heavy atom. The van der Waals surface area contributed by atoms with Crippen LogP contribution in [0.1, 0.15) is 15.9 Å². The maximum absolute atomic E-state index is 11.4. The molecular weight excluding hydrogens is 444 g/mol. The summed E-state index contributed by atoms with van der Waals surface area (Å²) in [7, 11) is 2.84. The van der Waals surface area contributed by atoms with E-state index in [0.717, 1.165) is 5.56 Å². The molecule has 0 spiro atoms. The molecule has 2 aromatic rings. The first kappa shape index (κ1) is 18.5. The largest absolute Gasteiger partial charge is 0.496 e. The molecule has 0 fully saturated rings. The Morgan fingerprint density at radius 3 is 2.33 bits per heavy atom. The molecule has 7 heteroatoms. The molecule has 2 rings (SSSR count). The van der Waals surface area contributed by atoms with Gasteiger partial charge < -0.3 is 14.2 Å². The first-order valence-electron chi connectivity index (χ1n) is 6.84. The second-order valence-electron chi connectivity index (χ2n) is 4.77. The highest BCUT2D eigenvalue weighted by Gasteiger charge is 2.13. The van der Waals surface area contributed by atoms with Gasteiger partial charge in [0.2, 0.25) is 0 Å². The van der Waals surface area contributed by atoms with Gasteiger partial charge in [-0.1, -0.05) is 0 Å². The van der Waals surface area contributed by atoms with Crippen molar-refractivity contribution in [3.05, 3.63) is 50.4 Å². The second kappa shape index (κ2) is 8.30. The number of hydrogen-bond donors (Lipinski definition) is 0. The van der Waals surface area contributed by atoms with Crippen LogP contribution in [0.3, 0.4) is 0 Å². The van der Waals surface area contributed by atoms with E-state index in [0.29, 0.717) is 38.0 Å². The fourth-order valence-electron chi connectivity index (χ4n) is 2.04. The second-order valence-corrected chi connectivity index (χ2v) is 6.47. The molecule has 0 N–H and O–H groups in total. The van der Waals surface area contributed by atoms with Crippen LogP contribution in [0, 0.1) is 0 Å². The summed E-state index contributed by atoms with van der Waals surface area (Å²) in [6.07, 6.45) is 0.862. The van der Waals surface area contributed by atoms with Crippen molar-refractivity contribution in [2.45, 2.75) is 6.42 Å². The first-order valence-corrected chi connectivity index (χ1v) is 8.43. The van der Waals surface area contributed by atoms with Gasteiger partial charge >= 0.3 is 5.97 Å². The van der Waals surface area contributed by atoms with Crippen LogP contribution in [0.2, 0.25) is 0 Å². The number of ether oxygens (including phenoxy) is 3. The van der Waals surface area contributed by atoms with E-state index in [1.165, 1.54) is 14.2 Å². The number of carbonyl (C=O) groups excluding carboxylic acids is 2. The van der Waals surface area contributed by atoms with Gasteiger partial charge in [-0.25, -0.2) is 0 Å². The zero-order valence-corrected chi connectivity index (χ0v) is 16.1. The molecule has 5 nitrogen and oxygen atoms in total. The van der Waals surface area contributed by atoms with Crippen LogP contribution in [0.25, 0.3) is 0 Å². The molecular formula is C17H14Br2O5. The quantitative estimate of drug-likeness (QED) is 0.470. The average molecular weight is 458 g/mol. The van der Waals surface area contributed by atoms with Crippen molar-refractivity contribution in [3.8, 4) is 17.2 Å². The minimum atomic E-state index is -0.326. The third-order valence-corrected chi connectivity index (χ3v) is 4.36. The molecule has 0 bridgehead atoms. The lowest BCUT2D eigenvalue weighted by Gasteiger charge is -2.13. The highest BCUT2D eigenvalue weighted by atomic mass is 79.9. The van der Waals surface area contributed by atoms with E-state index in [9.17, 15) is 9.59 Å². The summed E-state index contributed by atoms with van der Waals surface area (Å²) in [4.78, 5) is 22.5. The Morgan fingerprint density at radius 2 is 1.79 bits per heavy atom. The molecule has 0 amide bonds. The van der Waals surface area contributed by atoms with Crippen LogP contribution in [-0.2, 0) is 16.0 Å². The monoisotopic (exact) mass is 456 g/mol. The Labute approximate surface area is 156 Å². The standard InChI is InChI=1S/C17H14Br2O5/c1-22-15-4-3-12(8-11(15)9-20)24-17-13(18)5-10(6-14(17)19)7-16(21)23-2/h3-6,8-9H,7H2,1-2H3. The topological polar surface area (TPSA) is 61.8 Å². The molecule has 0 aliphatic heterocycles. The van der Waals surface area contributed by atoms with Crippen LogP contribution < -0.4 is 9.47 Å². The van der Waals surface area contributed by atoms with Crippen molar-refractivity contribution in [2.24, 2.45) is 0 Å². The molecule has 24 heavy (non-hydrogen) atoms. The third kappa shape index (κ3) is 4.36. The van der Waals surface area contributed by atoms with Crippen molar-refractivity contribution in [3.63, 3.8) is 0 Å². The van der Waals surface area contributed by atoms with Gasteiger partial charge in [0.25, 0.3) is 0 Å². The van der Waals surface area contributed by atoms with E-state index in [-0.39, 0.29) is 12.4 Å². The highest BCUT2D eigenvalue weighted by molar-refractivity contribution is 9.11. The van der Waals surface area contributed by atoms with Gasteiger partial charge in [0.05, 0.1) is 35.1 Å². The maximum atomic E-state index is 11.4. The van der Waals surface area contributed by atoms with Gasteiger partial charge in [0.15, 0.2) is 12.0 Å². The molecule has 0 aromatic heterocycles. The number of methoxy groups -OCH3 is 2. The molecule has 126 valence electrons. The predicted octanol–water partition coefficient (Wildman–Crippen LogP) is 4.54. The lowest BCUT2D eigenvalue weighted by atomic mass is 10.1. The summed E-state index contributed by atoms with van der Waals surface area (Å²) in [6.45, 7) is 0. The Kier molecular flexibility index (Phi) is 6.39.